The van der Waals surface area contributed by atoms with Crippen LogP contribution in [-0.2, 0) is 6.42 Å². The molecule has 2 aromatic heterocycles. The lowest BCUT2D eigenvalue weighted by Gasteiger charge is -2.22. The lowest BCUT2D eigenvalue weighted by molar-refractivity contribution is 0.669. The van der Waals surface area contributed by atoms with Crippen molar-refractivity contribution in [1.82, 2.24) is 15.4 Å². The molecule has 2 heterocycles. The molecule has 52 heavy (non-hydrogen) atoms. The number of benzene rings is 7. The van der Waals surface area contributed by atoms with Gasteiger partial charge in [0.1, 0.15) is 22.6 Å². The van der Waals surface area contributed by atoms with E-state index in [2.05, 4.69) is 153 Å². The summed E-state index contributed by atoms with van der Waals surface area (Å²) >= 11 is 0. The Balaban J connectivity index is 1.38. The van der Waals surface area contributed by atoms with Gasteiger partial charge in [0, 0.05) is 27.5 Å². The molecule has 0 unspecified atom stereocenters. The highest BCUT2D eigenvalue weighted by atomic mass is 16.3. The first-order valence-corrected chi connectivity index (χ1v) is 17.8. The normalized spacial score (nSPS) is 12.0. The Bertz CT molecular complexity index is 2840. The van der Waals surface area contributed by atoms with Crippen LogP contribution in [0.2, 0.25) is 0 Å². The van der Waals surface area contributed by atoms with Crippen LogP contribution in [0.5, 0.6) is 0 Å². The number of hydrogen-bond donors (Lipinski definition) is 0. The molecule has 0 saturated heterocycles. The second-order valence-electron chi connectivity index (χ2n) is 13.7. The Kier molecular flexibility index (Phi) is 6.97. The molecule has 10 rings (SSSR count). The maximum absolute atomic E-state index is 6.58. The lowest BCUT2D eigenvalue weighted by Crippen LogP contribution is -2.05. The van der Waals surface area contributed by atoms with Crippen LogP contribution in [0.15, 0.2) is 156 Å². The second kappa shape index (κ2) is 12.0. The van der Waals surface area contributed by atoms with Gasteiger partial charge in [-0.2, -0.15) is 0 Å². The van der Waals surface area contributed by atoms with Crippen LogP contribution in [0.1, 0.15) is 22.3 Å². The highest BCUT2D eigenvalue weighted by Crippen LogP contribution is 2.52. The van der Waals surface area contributed by atoms with Gasteiger partial charge >= 0.3 is 0 Å². The summed E-state index contributed by atoms with van der Waals surface area (Å²) in [6, 6.07) is 53.4. The minimum atomic E-state index is 0.788. The van der Waals surface area contributed by atoms with Gasteiger partial charge in [0.05, 0.1) is 0 Å². The van der Waals surface area contributed by atoms with Crippen LogP contribution < -0.4 is 0 Å². The predicted molar refractivity (Wildman–Crippen MR) is 212 cm³/mol. The zero-order chi connectivity index (χ0) is 34.8. The Hall–Kier alpha value is -6.65. The van der Waals surface area contributed by atoms with Crippen molar-refractivity contribution in [3.05, 3.63) is 174 Å². The molecule has 246 valence electrons. The van der Waals surface area contributed by atoms with Gasteiger partial charge in [0.15, 0.2) is 0 Å². The zero-order valence-corrected chi connectivity index (χ0v) is 28.9. The average Bonchev–Trinajstić information content (AvgIpc) is 3.77. The largest absolute Gasteiger partial charge is 0.456 e. The summed E-state index contributed by atoms with van der Waals surface area (Å²) in [5.41, 5.74) is 19.5. The number of rotatable bonds is 5. The molecule has 4 heteroatoms. The van der Waals surface area contributed by atoms with Gasteiger partial charge in [-0.25, -0.2) is 0 Å². The van der Waals surface area contributed by atoms with E-state index >= 15 is 0 Å². The molecule has 0 bridgehead atoms. The minimum absolute atomic E-state index is 0.788. The third-order valence-corrected chi connectivity index (χ3v) is 10.8. The van der Waals surface area contributed by atoms with E-state index in [9.17, 15) is 0 Å². The first kappa shape index (κ1) is 30.2. The van der Waals surface area contributed by atoms with Crippen molar-refractivity contribution < 1.29 is 4.42 Å². The van der Waals surface area contributed by atoms with E-state index in [1.54, 1.807) is 0 Å². The molecule has 0 N–H and O–H groups in total. The van der Waals surface area contributed by atoms with Crippen LogP contribution in [0, 0.1) is 13.8 Å². The summed E-state index contributed by atoms with van der Waals surface area (Å²) in [5.74, 6) is 0. The molecule has 9 aromatic rings. The predicted octanol–water partition coefficient (Wildman–Crippen LogP) is 12.3. The van der Waals surface area contributed by atoms with Gasteiger partial charge in [0.25, 0.3) is 0 Å². The van der Waals surface area contributed by atoms with Crippen molar-refractivity contribution in [2.75, 3.05) is 0 Å². The van der Waals surface area contributed by atoms with E-state index in [4.69, 9.17) is 14.6 Å². The quantitative estimate of drug-likeness (QED) is 0.183. The zero-order valence-electron chi connectivity index (χ0n) is 28.9. The van der Waals surface area contributed by atoms with E-state index in [-0.39, 0.29) is 0 Å². The number of para-hydroxylation sites is 1. The van der Waals surface area contributed by atoms with Crippen molar-refractivity contribution in [3.8, 4) is 67.0 Å². The number of aryl methyl sites for hydroxylation is 1. The SMILES string of the molecule is Cc1cc2c(c(-c3c(-c4ccccc4)nnnc3-c3c(-c4ccccc4-c4ccccc4)ccc4oc5ccccc5c34)c1C)Cc1ccccc1-2. The van der Waals surface area contributed by atoms with Gasteiger partial charge in [0.2, 0.25) is 0 Å². The fourth-order valence-corrected chi connectivity index (χ4v) is 8.27. The maximum atomic E-state index is 6.58. The topological polar surface area (TPSA) is 51.8 Å². The highest BCUT2D eigenvalue weighted by molar-refractivity contribution is 6.18. The fraction of sp³-hybridized carbons (Fsp3) is 0.0625. The molecule has 1 aliphatic carbocycles. The number of furan rings is 1. The lowest BCUT2D eigenvalue weighted by atomic mass is 9.82. The van der Waals surface area contributed by atoms with Crippen molar-refractivity contribution in [2.45, 2.75) is 20.3 Å². The molecule has 0 aliphatic heterocycles. The molecule has 4 nitrogen and oxygen atoms in total. The van der Waals surface area contributed by atoms with E-state index in [0.717, 1.165) is 78.7 Å². The van der Waals surface area contributed by atoms with Crippen LogP contribution in [-0.4, -0.2) is 15.4 Å². The smallest absolute Gasteiger partial charge is 0.136 e. The van der Waals surface area contributed by atoms with Gasteiger partial charge in [-0.05, 0) is 105 Å². The first-order valence-electron chi connectivity index (χ1n) is 17.8. The molecule has 0 saturated carbocycles. The first-order chi connectivity index (χ1) is 25.7. The van der Waals surface area contributed by atoms with Crippen LogP contribution in [0.4, 0.5) is 0 Å². The van der Waals surface area contributed by atoms with E-state index < -0.39 is 0 Å². The molecular formula is C48H33N3O. The highest BCUT2D eigenvalue weighted by Gasteiger charge is 2.31. The van der Waals surface area contributed by atoms with Gasteiger partial charge in [-0.15, -0.1) is 10.2 Å². The third-order valence-electron chi connectivity index (χ3n) is 10.8. The van der Waals surface area contributed by atoms with Crippen molar-refractivity contribution >= 4 is 21.9 Å². The maximum Gasteiger partial charge on any atom is 0.136 e. The van der Waals surface area contributed by atoms with Crippen molar-refractivity contribution in [2.24, 2.45) is 0 Å². The summed E-state index contributed by atoms with van der Waals surface area (Å²) in [7, 11) is 0. The minimum Gasteiger partial charge on any atom is -0.456 e. The number of aromatic nitrogens is 3. The monoisotopic (exact) mass is 667 g/mol. The summed E-state index contributed by atoms with van der Waals surface area (Å²) in [6.07, 6.45) is 0.834. The molecule has 7 aromatic carbocycles. The number of nitrogens with zero attached hydrogens (tertiary/aromatic N) is 3. The average molecular weight is 668 g/mol. The van der Waals surface area contributed by atoms with E-state index in [1.807, 2.05) is 18.2 Å². The van der Waals surface area contributed by atoms with Crippen LogP contribution in [0.25, 0.3) is 89.0 Å². The van der Waals surface area contributed by atoms with Crippen LogP contribution in [0.3, 0.4) is 0 Å². The molecule has 1 aliphatic rings. The molecule has 0 spiro atoms. The Morgan fingerprint density at radius 1 is 0.481 bits per heavy atom. The summed E-state index contributed by atoms with van der Waals surface area (Å²) in [4.78, 5) is 0. The Morgan fingerprint density at radius 3 is 1.94 bits per heavy atom. The molecule has 0 amide bonds. The summed E-state index contributed by atoms with van der Waals surface area (Å²) in [6.45, 7) is 4.46. The molecule has 0 fully saturated rings. The van der Waals surface area contributed by atoms with Gasteiger partial charge in [-0.3, -0.25) is 0 Å². The number of hydrogen-bond acceptors (Lipinski definition) is 4. The van der Waals surface area contributed by atoms with Gasteiger partial charge in [-0.1, -0.05) is 133 Å². The van der Waals surface area contributed by atoms with Crippen molar-refractivity contribution in [1.29, 1.82) is 0 Å². The van der Waals surface area contributed by atoms with Crippen LogP contribution >= 0.6 is 0 Å². The molecule has 0 atom stereocenters. The molecular weight excluding hydrogens is 635 g/mol. The fourth-order valence-electron chi connectivity index (χ4n) is 8.27. The van der Waals surface area contributed by atoms with E-state index in [0.29, 0.717) is 0 Å². The standard InChI is InChI=1S/C48H33N3O/c1-29-27-39-35-21-10-9-19-33(35)28-40(39)43(30(29)2)46-47(32-17-7-4-8-18-32)49-51-50-48(46)45-37(25-26-42-44(45)38-23-13-14-24-41(38)52-42)36-22-12-11-20-34(36)31-15-5-3-6-16-31/h3-27H,28H2,1-2H3. The number of fused-ring (bicyclic) bond motifs is 6. The summed E-state index contributed by atoms with van der Waals surface area (Å²) < 4.78 is 6.58. The Labute approximate surface area is 302 Å². The van der Waals surface area contributed by atoms with Crippen molar-refractivity contribution in [3.63, 3.8) is 0 Å². The molecule has 0 radical (unpaired) electrons. The Morgan fingerprint density at radius 2 is 1.13 bits per heavy atom. The third kappa shape index (κ3) is 4.65. The van der Waals surface area contributed by atoms with Gasteiger partial charge < -0.3 is 4.42 Å². The second-order valence-corrected chi connectivity index (χ2v) is 13.7. The van der Waals surface area contributed by atoms with E-state index in [1.165, 1.54) is 38.9 Å². The summed E-state index contributed by atoms with van der Waals surface area (Å²) in [5, 5.41) is 16.6.